The third-order valence-corrected chi connectivity index (χ3v) is 8.81. The molecule has 6 aromatic rings. The van der Waals surface area contributed by atoms with Crippen LogP contribution in [0.25, 0.3) is 22.2 Å². The monoisotopic (exact) mass is 638 g/mol. The molecule has 0 bridgehead atoms. The van der Waals surface area contributed by atoms with Gasteiger partial charge in [-0.3, -0.25) is 0 Å². The quantitative estimate of drug-likeness (QED) is 0.106. The standard InChI is InChI=1S/C43H46N2O3/c1-4-5-26-44(3)27-28-46-38-20-16-34(17-21-38)30-45-42-25-24-40(48-32-36-14-10-7-11-15-36)29-41(42)33(2)43(45)37-18-22-39(23-19-37)47-31-35-12-8-6-9-13-35/h6-25,29H,4-5,26-28,30-32H2,1-3H3. The van der Waals surface area contributed by atoms with Crippen LogP contribution in [0.2, 0.25) is 0 Å². The van der Waals surface area contributed by atoms with Crippen LogP contribution < -0.4 is 14.2 Å². The number of benzene rings is 5. The second-order valence-corrected chi connectivity index (χ2v) is 12.5. The molecule has 48 heavy (non-hydrogen) atoms. The van der Waals surface area contributed by atoms with Crippen molar-refractivity contribution in [2.75, 3.05) is 26.7 Å². The topological polar surface area (TPSA) is 35.9 Å². The number of nitrogens with zero attached hydrogens (tertiary/aromatic N) is 2. The molecule has 0 spiro atoms. The Kier molecular flexibility index (Phi) is 11.1. The highest BCUT2D eigenvalue weighted by Gasteiger charge is 2.18. The Morgan fingerprint density at radius 3 is 1.83 bits per heavy atom. The first-order chi connectivity index (χ1) is 23.6. The zero-order valence-electron chi connectivity index (χ0n) is 28.4. The van der Waals surface area contributed by atoms with Crippen molar-refractivity contribution >= 4 is 10.9 Å². The van der Waals surface area contributed by atoms with Crippen LogP contribution in [0.4, 0.5) is 0 Å². The minimum Gasteiger partial charge on any atom is -0.492 e. The molecule has 0 fully saturated rings. The van der Waals surface area contributed by atoms with Crippen LogP contribution in [-0.2, 0) is 19.8 Å². The van der Waals surface area contributed by atoms with Gasteiger partial charge in [0.05, 0.1) is 5.69 Å². The van der Waals surface area contributed by atoms with Gasteiger partial charge < -0.3 is 23.7 Å². The van der Waals surface area contributed by atoms with E-state index in [1.54, 1.807) is 0 Å². The van der Waals surface area contributed by atoms with E-state index in [2.05, 4.69) is 121 Å². The van der Waals surface area contributed by atoms with Gasteiger partial charge in [0.25, 0.3) is 0 Å². The summed E-state index contributed by atoms with van der Waals surface area (Å²) in [6.45, 7) is 8.96. The van der Waals surface area contributed by atoms with Gasteiger partial charge in [-0.05, 0) is 109 Å². The van der Waals surface area contributed by atoms with E-state index in [-0.39, 0.29) is 0 Å². The molecule has 0 radical (unpaired) electrons. The van der Waals surface area contributed by atoms with Gasteiger partial charge >= 0.3 is 0 Å². The predicted octanol–water partition coefficient (Wildman–Crippen LogP) is 9.93. The van der Waals surface area contributed by atoms with Crippen molar-refractivity contribution in [3.8, 4) is 28.5 Å². The van der Waals surface area contributed by atoms with E-state index in [9.17, 15) is 0 Å². The second kappa shape index (κ2) is 16.2. The smallest absolute Gasteiger partial charge is 0.120 e. The maximum absolute atomic E-state index is 6.24. The predicted molar refractivity (Wildman–Crippen MR) is 197 cm³/mol. The van der Waals surface area contributed by atoms with Crippen LogP contribution in [0.5, 0.6) is 17.2 Å². The fourth-order valence-electron chi connectivity index (χ4n) is 6.05. The largest absolute Gasteiger partial charge is 0.492 e. The van der Waals surface area contributed by atoms with Crippen molar-refractivity contribution in [1.82, 2.24) is 9.47 Å². The molecule has 6 rings (SSSR count). The SMILES string of the molecule is CCCCN(C)CCOc1ccc(Cn2c(-c3ccc(OCc4ccccc4)cc3)c(C)c3cc(OCc4ccccc4)ccc32)cc1. The van der Waals surface area contributed by atoms with Crippen LogP contribution in [0.1, 0.15) is 42.0 Å². The number of ether oxygens (including phenoxy) is 3. The van der Waals surface area contributed by atoms with Gasteiger partial charge in [-0.1, -0.05) is 86.1 Å². The highest BCUT2D eigenvalue weighted by atomic mass is 16.5. The molecular formula is C43H46N2O3. The molecular weight excluding hydrogens is 592 g/mol. The molecule has 1 aromatic heterocycles. The van der Waals surface area contributed by atoms with E-state index in [1.807, 2.05) is 36.4 Å². The van der Waals surface area contributed by atoms with Gasteiger partial charge in [-0.2, -0.15) is 0 Å². The Labute approximate surface area is 285 Å². The Morgan fingerprint density at radius 1 is 0.604 bits per heavy atom. The van der Waals surface area contributed by atoms with Crippen molar-refractivity contribution in [3.05, 3.63) is 150 Å². The lowest BCUT2D eigenvalue weighted by atomic mass is 10.1. The maximum Gasteiger partial charge on any atom is 0.120 e. The lowest BCUT2D eigenvalue weighted by Gasteiger charge is -2.16. The van der Waals surface area contributed by atoms with Crippen molar-refractivity contribution in [1.29, 1.82) is 0 Å². The number of fused-ring (bicyclic) bond motifs is 1. The average Bonchev–Trinajstić information content (AvgIpc) is 3.40. The van der Waals surface area contributed by atoms with Gasteiger partial charge in [-0.25, -0.2) is 0 Å². The molecule has 0 aliphatic rings. The molecule has 0 amide bonds. The highest BCUT2D eigenvalue weighted by molar-refractivity contribution is 5.92. The molecule has 5 nitrogen and oxygen atoms in total. The molecule has 5 heteroatoms. The number of unbranched alkanes of at least 4 members (excludes halogenated alkanes) is 1. The summed E-state index contributed by atoms with van der Waals surface area (Å²) in [5.74, 6) is 2.62. The molecule has 0 unspecified atom stereocenters. The number of aromatic nitrogens is 1. The first kappa shape index (κ1) is 32.9. The van der Waals surface area contributed by atoms with Crippen molar-refractivity contribution < 1.29 is 14.2 Å². The second-order valence-electron chi connectivity index (χ2n) is 12.5. The average molecular weight is 639 g/mol. The van der Waals surface area contributed by atoms with Crippen LogP contribution in [0.15, 0.2) is 127 Å². The number of rotatable bonds is 16. The molecule has 0 N–H and O–H groups in total. The van der Waals surface area contributed by atoms with Gasteiger partial charge in [0.15, 0.2) is 0 Å². The Balaban J connectivity index is 1.24. The zero-order valence-corrected chi connectivity index (χ0v) is 28.4. The van der Waals surface area contributed by atoms with Gasteiger partial charge in [0, 0.05) is 24.0 Å². The maximum atomic E-state index is 6.24. The van der Waals surface area contributed by atoms with E-state index >= 15 is 0 Å². The molecule has 0 aliphatic heterocycles. The lowest BCUT2D eigenvalue weighted by molar-refractivity contribution is 0.235. The normalized spacial score (nSPS) is 11.2. The Hall–Kier alpha value is -5.00. The van der Waals surface area contributed by atoms with Crippen LogP contribution in [0.3, 0.4) is 0 Å². The third-order valence-electron chi connectivity index (χ3n) is 8.81. The molecule has 1 heterocycles. The highest BCUT2D eigenvalue weighted by Crippen LogP contribution is 2.37. The van der Waals surface area contributed by atoms with Gasteiger partial charge in [0.2, 0.25) is 0 Å². The van der Waals surface area contributed by atoms with Gasteiger partial charge in [0.1, 0.15) is 37.1 Å². The van der Waals surface area contributed by atoms with Crippen LogP contribution >= 0.6 is 0 Å². The van der Waals surface area contributed by atoms with Crippen molar-refractivity contribution in [2.24, 2.45) is 0 Å². The summed E-state index contributed by atoms with van der Waals surface area (Å²) >= 11 is 0. The van der Waals surface area contributed by atoms with E-state index in [1.165, 1.54) is 40.6 Å². The number of aryl methyl sites for hydroxylation is 1. The Morgan fingerprint density at radius 2 is 1.19 bits per heavy atom. The van der Waals surface area contributed by atoms with Crippen molar-refractivity contribution in [2.45, 2.75) is 46.4 Å². The summed E-state index contributed by atoms with van der Waals surface area (Å²) in [6, 6.07) is 44.0. The zero-order chi connectivity index (χ0) is 33.1. The molecule has 246 valence electrons. The number of likely N-dealkylation sites (N-methyl/N-ethyl adjacent to an activating group) is 1. The van der Waals surface area contributed by atoms with Crippen LogP contribution in [-0.4, -0.2) is 36.2 Å². The summed E-state index contributed by atoms with van der Waals surface area (Å²) in [7, 11) is 2.16. The first-order valence-electron chi connectivity index (χ1n) is 17.0. The van der Waals surface area contributed by atoms with E-state index in [0.717, 1.165) is 53.6 Å². The van der Waals surface area contributed by atoms with E-state index in [0.29, 0.717) is 19.8 Å². The lowest BCUT2D eigenvalue weighted by Crippen LogP contribution is -2.25. The van der Waals surface area contributed by atoms with Crippen LogP contribution in [0, 0.1) is 6.92 Å². The number of hydrogen-bond acceptors (Lipinski definition) is 4. The molecule has 0 saturated carbocycles. The molecule has 0 aliphatic carbocycles. The van der Waals surface area contributed by atoms with E-state index < -0.39 is 0 Å². The van der Waals surface area contributed by atoms with E-state index in [4.69, 9.17) is 14.2 Å². The fourth-order valence-corrected chi connectivity index (χ4v) is 6.05. The molecule has 5 aromatic carbocycles. The minimum absolute atomic E-state index is 0.535. The van der Waals surface area contributed by atoms with Gasteiger partial charge in [-0.15, -0.1) is 0 Å². The summed E-state index contributed by atoms with van der Waals surface area (Å²) < 4.78 is 20.9. The summed E-state index contributed by atoms with van der Waals surface area (Å²) in [4.78, 5) is 2.33. The fraction of sp³-hybridized carbons (Fsp3) is 0.256. The minimum atomic E-state index is 0.535. The third kappa shape index (κ3) is 8.47. The summed E-state index contributed by atoms with van der Waals surface area (Å²) in [5.41, 5.74) is 8.25. The molecule has 0 atom stereocenters. The number of hydrogen-bond donors (Lipinski definition) is 0. The van der Waals surface area contributed by atoms with Crippen molar-refractivity contribution in [3.63, 3.8) is 0 Å². The summed E-state index contributed by atoms with van der Waals surface area (Å²) in [5, 5.41) is 1.19. The Bertz CT molecular complexity index is 1860. The molecule has 0 saturated heterocycles. The summed E-state index contributed by atoms with van der Waals surface area (Å²) in [6.07, 6.45) is 2.43. The first-order valence-corrected chi connectivity index (χ1v) is 17.0.